The quantitative estimate of drug-likeness (QED) is 0.888. The number of fused-ring (bicyclic) bond motifs is 1. The van der Waals surface area contributed by atoms with Crippen molar-refractivity contribution >= 4 is 17.0 Å². The fraction of sp³-hybridized carbons (Fsp3) is 0.467. The Hall–Kier alpha value is -1.95. The molecule has 1 saturated carbocycles. The van der Waals surface area contributed by atoms with Crippen molar-refractivity contribution in [3.8, 4) is 0 Å². The lowest BCUT2D eigenvalue weighted by atomic mass is 9.80. The van der Waals surface area contributed by atoms with Crippen molar-refractivity contribution in [1.82, 2.24) is 9.97 Å². The molecule has 112 valence electrons. The van der Waals surface area contributed by atoms with E-state index < -0.39 is 11.8 Å². The highest BCUT2D eigenvalue weighted by Crippen LogP contribution is 2.32. The van der Waals surface area contributed by atoms with Crippen LogP contribution in [0.3, 0.4) is 0 Å². The normalized spacial score (nSPS) is 21.4. The number of halogens is 1. The maximum Gasteiger partial charge on any atom is 0.338 e. The molecular formula is C15H17FN2O3. The molecule has 1 fully saturated rings. The summed E-state index contributed by atoms with van der Waals surface area (Å²) >= 11 is 0. The number of carbonyl (C=O) groups is 1. The first-order chi connectivity index (χ1) is 10.1. The van der Waals surface area contributed by atoms with E-state index in [1.807, 2.05) is 6.92 Å². The molecule has 5 nitrogen and oxygen atoms in total. The summed E-state index contributed by atoms with van der Waals surface area (Å²) in [5.74, 6) is -0.736. The minimum Gasteiger partial charge on any atom is -0.478 e. The van der Waals surface area contributed by atoms with E-state index >= 15 is 0 Å². The summed E-state index contributed by atoms with van der Waals surface area (Å²) in [5.41, 5.74) is 0.679. The molecule has 0 aliphatic heterocycles. The highest BCUT2D eigenvalue weighted by molar-refractivity contribution is 5.92. The number of aromatic amines is 1. The molecule has 0 atom stereocenters. The first kappa shape index (κ1) is 14.0. The van der Waals surface area contributed by atoms with Crippen LogP contribution in [-0.2, 0) is 11.2 Å². The standard InChI is InChI=1S/C15H17FN2O3/c1-2-21-9-3-8(4-9)5-14-17-12-6-10(15(19)20)11(16)7-13(12)18-14/h6-9H,2-5H2,1H3,(H,17,18)(H,19,20). The Morgan fingerprint density at radius 3 is 2.95 bits per heavy atom. The second kappa shape index (κ2) is 5.44. The summed E-state index contributed by atoms with van der Waals surface area (Å²) in [6.07, 6.45) is 3.15. The van der Waals surface area contributed by atoms with Crippen LogP contribution in [0.25, 0.3) is 11.0 Å². The fourth-order valence-electron chi connectivity index (χ4n) is 2.83. The molecule has 1 aromatic heterocycles. The van der Waals surface area contributed by atoms with Gasteiger partial charge in [0.2, 0.25) is 0 Å². The Labute approximate surface area is 121 Å². The first-order valence-corrected chi connectivity index (χ1v) is 7.09. The lowest BCUT2D eigenvalue weighted by Gasteiger charge is -2.34. The van der Waals surface area contributed by atoms with Gasteiger partial charge in [0.05, 0.1) is 22.7 Å². The van der Waals surface area contributed by atoms with Crippen LogP contribution in [0.5, 0.6) is 0 Å². The van der Waals surface area contributed by atoms with Crippen LogP contribution in [0.1, 0.15) is 35.9 Å². The molecule has 3 rings (SSSR count). The zero-order chi connectivity index (χ0) is 15.0. The molecule has 1 aliphatic rings. The highest BCUT2D eigenvalue weighted by Gasteiger charge is 2.30. The van der Waals surface area contributed by atoms with Gasteiger partial charge in [-0.25, -0.2) is 14.2 Å². The van der Waals surface area contributed by atoms with E-state index in [9.17, 15) is 9.18 Å². The fourth-order valence-corrected chi connectivity index (χ4v) is 2.83. The second-order valence-electron chi connectivity index (χ2n) is 5.46. The molecular weight excluding hydrogens is 275 g/mol. The molecule has 0 unspecified atom stereocenters. The van der Waals surface area contributed by atoms with Crippen molar-refractivity contribution in [3.05, 3.63) is 29.3 Å². The number of ether oxygens (including phenoxy) is 1. The number of nitrogens with one attached hydrogen (secondary N) is 1. The van der Waals surface area contributed by atoms with Crippen molar-refractivity contribution in [2.45, 2.75) is 32.3 Å². The second-order valence-corrected chi connectivity index (χ2v) is 5.46. The van der Waals surface area contributed by atoms with E-state index in [-0.39, 0.29) is 5.56 Å². The molecule has 6 heteroatoms. The van der Waals surface area contributed by atoms with E-state index in [1.54, 1.807) is 0 Å². The maximum absolute atomic E-state index is 13.6. The van der Waals surface area contributed by atoms with Gasteiger partial charge in [0.1, 0.15) is 11.6 Å². The lowest BCUT2D eigenvalue weighted by Crippen LogP contribution is -2.32. The molecule has 0 radical (unpaired) electrons. The summed E-state index contributed by atoms with van der Waals surface area (Å²) in [6.45, 7) is 2.72. The summed E-state index contributed by atoms with van der Waals surface area (Å²) in [7, 11) is 0. The smallest absolute Gasteiger partial charge is 0.338 e. The van der Waals surface area contributed by atoms with Gasteiger partial charge in [-0.05, 0) is 31.7 Å². The number of imidazole rings is 1. The van der Waals surface area contributed by atoms with Crippen LogP contribution in [0, 0.1) is 11.7 Å². The number of nitrogens with zero attached hydrogens (tertiary/aromatic N) is 1. The number of hydrogen-bond donors (Lipinski definition) is 2. The minimum atomic E-state index is -1.28. The number of hydrogen-bond acceptors (Lipinski definition) is 3. The number of carboxylic acids is 1. The Balaban J connectivity index is 1.74. The van der Waals surface area contributed by atoms with E-state index in [2.05, 4.69) is 9.97 Å². The molecule has 0 bridgehead atoms. The van der Waals surface area contributed by atoms with Gasteiger partial charge in [-0.3, -0.25) is 0 Å². The number of aromatic nitrogens is 2. The first-order valence-electron chi connectivity index (χ1n) is 7.09. The van der Waals surface area contributed by atoms with Crippen molar-refractivity contribution in [1.29, 1.82) is 0 Å². The van der Waals surface area contributed by atoms with Gasteiger partial charge in [0, 0.05) is 19.1 Å². The summed E-state index contributed by atoms with van der Waals surface area (Å²) in [5, 5.41) is 8.91. The largest absolute Gasteiger partial charge is 0.478 e. The molecule has 1 aliphatic carbocycles. The lowest BCUT2D eigenvalue weighted by molar-refractivity contribution is -0.0244. The zero-order valence-corrected chi connectivity index (χ0v) is 11.7. The number of carboxylic acid groups (broad SMARTS) is 1. The van der Waals surface area contributed by atoms with Gasteiger partial charge in [-0.1, -0.05) is 0 Å². The Morgan fingerprint density at radius 1 is 1.52 bits per heavy atom. The van der Waals surface area contributed by atoms with Crippen LogP contribution in [-0.4, -0.2) is 33.8 Å². The third-order valence-electron chi connectivity index (χ3n) is 3.93. The molecule has 2 aromatic rings. The van der Waals surface area contributed by atoms with E-state index in [4.69, 9.17) is 9.84 Å². The van der Waals surface area contributed by atoms with Crippen molar-refractivity contribution < 1.29 is 19.0 Å². The average molecular weight is 292 g/mol. The average Bonchev–Trinajstić information content (AvgIpc) is 2.76. The minimum absolute atomic E-state index is 0.347. The molecule has 2 N–H and O–H groups in total. The Kier molecular flexibility index (Phi) is 3.63. The molecule has 1 heterocycles. The van der Waals surface area contributed by atoms with Gasteiger partial charge in [-0.2, -0.15) is 0 Å². The zero-order valence-electron chi connectivity index (χ0n) is 11.7. The SMILES string of the molecule is CCOC1CC(Cc2nc3cc(C(=O)O)c(F)cc3[nH]2)C1. The van der Waals surface area contributed by atoms with E-state index in [0.29, 0.717) is 23.1 Å². The predicted octanol–water partition coefficient (Wildman–Crippen LogP) is 2.76. The van der Waals surface area contributed by atoms with Gasteiger partial charge in [-0.15, -0.1) is 0 Å². The van der Waals surface area contributed by atoms with Gasteiger partial charge < -0.3 is 14.8 Å². The monoisotopic (exact) mass is 292 g/mol. The predicted molar refractivity (Wildman–Crippen MR) is 74.9 cm³/mol. The number of aromatic carboxylic acids is 1. The van der Waals surface area contributed by atoms with Crippen LogP contribution >= 0.6 is 0 Å². The van der Waals surface area contributed by atoms with Crippen molar-refractivity contribution in [3.63, 3.8) is 0 Å². The number of rotatable bonds is 5. The topological polar surface area (TPSA) is 75.2 Å². The number of benzene rings is 1. The van der Waals surface area contributed by atoms with E-state index in [1.165, 1.54) is 12.1 Å². The van der Waals surface area contributed by atoms with Crippen molar-refractivity contribution in [2.24, 2.45) is 5.92 Å². The summed E-state index contributed by atoms with van der Waals surface area (Å²) in [6, 6.07) is 2.47. The summed E-state index contributed by atoms with van der Waals surface area (Å²) < 4.78 is 19.1. The molecule has 0 saturated heterocycles. The van der Waals surface area contributed by atoms with Crippen LogP contribution in [0.4, 0.5) is 4.39 Å². The Bertz CT molecular complexity index is 677. The number of H-pyrrole nitrogens is 1. The van der Waals surface area contributed by atoms with Crippen LogP contribution in [0.15, 0.2) is 12.1 Å². The molecule has 0 amide bonds. The third-order valence-corrected chi connectivity index (χ3v) is 3.93. The highest BCUT2D eigenvalue weighted by atomic mass is 19.1. The third kappa shape index (κ3) is 2.76. The van der Waals surface area contributed by atoms with Crippen LogP contribution < -0.4 is 0 Å². The Morgan fingerprint density at radius 2 is 2.29 bits per heavy atom. The molecule has 1 aromatic carbocycles. The van der Waals surface area contributed by atoms with Gasteiger partial charge in [0.25, 0.3) is 0 Å². The summed E-state index contributed by atoms with van der Waals surface area (Å²) in [4.78, 5) is 18.3. The molecule has 0 spiro atoms. The maximum atomic E-state index is 13.6. The van der Waals surface area contributed by atoms with Crippen LogP contribution in [0.2, 0.25) is 0 Å². The van der Waals surface area contributed by atoms with Crippen molar-refractivity contribution in [2.75, 3.05) is 6.61 Å². The van der Waals surface area contributed by atoms with Gasteiger partial charge in [0.15, 0.2) is 0 Å². The van der Waals surface area contributed by atoms with Gasteiger partial charge >= 0.3 is 5.97 Å². The van der Waals surface area contributed by atoms with E-state index in [0.717, 1.165) is 31.7 Å². The molecule has 21 heavy (non-hydrogen) atoms.